The Hall–Kier alpha value is -1.71. The van der Waals surface area contributed by atoms with Gasteiger partial charge in [0.2, 0.25) is 0 Å². The van der Waals surface area contributed by atoms with E-state index >= 15 is 0 Å². The molecule has 0 unspecified atom stereocenters. The molecule has 1 fully saturated rings. The first-order valence-corrected chi connectivity index (χ1v) is 8.76. The topological polar surface area (TPSA) is 50.4 Å². The Balaban J connectivity index is 1.78. The average molecular weight is 318 g/mol. The molecule has 1 aromatic carbocycles. The molecule has 1 amide bonds. The lowest BCUT2D eigenvalue weighted by Crippen LogP contribution is -2.27. The summed E-state index contributed by atoms with van der Waals surface area (Å²) in [7, 11) is 0. The van der Waals surface area contributed by atoms with Crippen LogP contribution in [-0.4, -0.2) is 18.2 Å². The Labute approximate surface area is 140 Å². The van der Waals surface area contributed by atoms with Crippen LogP contribution in [0.2, 0.25) is 0 Å². The third kappa shape index (κ3) is 6.93. The molecule has 0 saturated heterocycles. The summed E-state index contributed by atoms with van der Waals surface area (Å²) in [5.41, 5.74) is 1.37. The molecule has 1 aliphatic rings. The Morgan fingerprint density at radius 1 is 1.04 bits per heavy atom. The molecule has 1 aliphatic carbocycles. The molecule has 128 valence electrons. The molecule has 0 aliphatic heterocycles. The Bertz CT molecular complexity index is 483. The van der Waals surface area contributed by atoms with E-state index in [-0.39, 0.29) is 0 Å². The van der Waals surface area contributed by atoms with Gasteiger partial charge in [-0.2, -0.15) is 0 Å². The van der Waals surface area contributed by atoms with Crippen molar-refractivity contribution in [1.29, 1.82) is 0 Å². The van der Waals surface area contributed by atoms with Crippen LogP contribution in [0.3, 0.4) is 0 Å². The first-order chi connectivity index (χ1) is 10.9. The fourth-order valence-corrected chi connectivity index (χ4v) is 2.92. The number of amides is 1. The zero-order valence-corrected chi connectivity index (χ0v) is 14.7. The lowest BCUT2D eigenvalue weighted by molar-refractivity contribution is 0.0636. The van der Waals surface area contributed by atoms with Gasteiger partial charge in [-0.05, 0) is 63.8 Å². The molecule has 0 atom stereocenters. The van der Waals surface area contributed by atoms with Crippen molar-refractivity contribution in [1.82, 2.24) is 0 Å². The summed E-state index contributed by atoms with van der Waals surface area (Å²) in [6, 6.07) is 7.81. The third-order valence-electron chi connectivity index (χ3n) is 4.10. The number of carbonyl (C=O) groups excluding carboxylic acids is 1. The highest BCUT2D eigenvalue weighted by atomic mass is 16.6. The molecule has 2 N–H and O–H groups in total. The average Bonchev–Trinajstić information content (AvgIpc) is 2.73. The van der Waals surface area contributed by atoms with Crippen LogP contribution in [0.1, 0.15) is 59.3 Å². The number of nitrogens with one attached hydrogen (secondary N) is 2. The van der Waals surface area contributed by atoms with Crippen LogP contribution in [0.15, 0.2) is 24.3 Å². The van der Waals surface area contributed by atoms with Crippen LogP contribution in [0, 0.1) is 5.92 Å². The second-order valence-electron chi connectivity index (χ2n) is 7.44. The normalized spacial score (nSPS) is 16.5. The van der Waals surface area contributed by atoms with Crippen LogP contribution < -0.4 is 10.6 Å². The summed E-state index contributed by atoms with van der Waals surface area (Å²) in [6.07, 6.45) is 7.77. The van der Waals surface area contributed by atoms with Crippen molar-refractivity contribution >= 4 is 17.5 Å². The van der Waals surface area contributed by atoms with Gasteiger partial charge in [0.1, 0.15) is 5.60 Å². The van der Waals surface area contributed by atoms with Crippen LogP contribution >= 0.6 is 0 Å². The summed E-state index contributed by atoms with van der Waals surface area (Å²) in [5, 5.41) is 6.27. The first-order valence-electron chi connectivity index (χ1n) is 8.76. The molecule has 0 radical (unpaired) electrons. The highest BCUT2D eigenvalue weighted by Crippen LogP contribution is 2.23. The zero-order chi connectivity index (χ0) is 16.7. The quantitative estimate of drug-likeness (QED) is 0.729. The van der Waals surface area contributed by atoms with Crippen molar-refractivity contribution in [3.05, 3.63) is 24.3 Å². The van der Waals surface area contributed by atoms with E-state index in [1.54, 1.807) is 0 Å². The molecule has 2 rings (SSSR count). The summed E-state index contributed by atoms with van der Waals surface area (Å²) in [5.74, 6) is 0.789. The fraction of sp³-hybridized carbons (Fsp3) is 0.632. The van der Waals surface area contributed by atoms with Gasteiger partial charge in [0, 0.05) is 17.9 Å². The van der Waals surface area contributed by atoms with E-state index in [1.165, 1.54) is 38.5 Å². The van der Waals surface area contributed by atoms with Gasteiger partial charge in [-0.25, -0.2) is 4.79 Å². The minimum absolute atomic E-state index is 0.420. The minimum Gasteiger partial charge on any atom is -0.444 e. The smallest absolute Gasteiger partial charge is 0.412 e. The largest absolute Gasteiger partial charge is 0.444 e. The van der Waals surface area contributed by atoms with E-state index in [2.05, 4.69) is 10.6 Å². The molecule has 0 aromatic heterocycles. The second kappa shape index (κ2) is 8.23. The Morgan fingerprint density at radius 2 is 1.61 bits per heavy atom. The second-order valence-corrected chi connectivity index (χ2v) is 7.44. The maximum Gasteiger partial charge on any atom is 0.412 e. The minimum atomic E-state index is -0.482. The van der Waals surface area contributed by atoms with Gasteiger partial charge in [0.25, 0.3) is 0 Å². The van der Waals surface area contributed by atoms with E-state index in [9.17, 15) is 4.79 Å². The zero-order valence-electron chi connectivity index (χ0n) is 14.7. The monoisotopic (exact) mass is 318 g/mol. The van der Waals surface area contributed by atoms with Crippen molar-refractivity contribution < 1.29 is 9.53 Å². The van der Waals surface area contributed by atoms with Gasteiger partial charge in [0.15, 0.2) is 0 Å². The number of hydrogen-bond acceptors (Lipinski definition) is 3. The maximum absolute atomic E-state index is 11.7. The Kier molecular flexibility index (Phi) is 6.31. The third-order valence-corrected chi connectivity index (χ3v) is 4.10. The SMILES string of the molecule is CC(C)(C)OC(=O)Nc1ccc(NCC2CCCCCC2)cc1. The fourth-order valence-electron chi connectivity index (χ4n) is 2.92. The first kappa shape index (κ1) is 17.6. The van der Waals surface area contributed by atoms with Crippen molar-refractivity contribution in [2.75, 3.05) is 17.2 Å². The number of hydrogen-bond donors (Lipinski definition) is 2. The Morgan fingerprint density at radius 3 is 2.17 bits per heavy atom. The van der Waals surface area contributed by atoms with Gasteiger partial charge < -0.3 is 10.1 Å². The van der Waals surface area contributed by atoms with Gasteiger partial charge in [0.05, 0.1) is 0 Å². The van der Waals surface area contributed by atoms with E-state index in [1.807, 2.05) is 45.0 Å². The predicted octanol–water partition coefficient (Wildman–Crippen LogP) is 5.42. The molecule has 1 aromatic rings. The number of benzene rings is 1. The van der Waals surface area contributed by atoms with Crippen molar-refractivity contribution in [2.24, 2.45) is 5.92 Å². The van der Waals surface area contributed by atoms with Crippen LogP contribution in [0.4, 0.5) is 16.2 Å². The van der Waals surface area contributed by atoms with E-state index in [4.69, 9.17) is 4.74 Å². The molecule has 4 heteroatoms. The molecule has 0 heterocycles. The van der Waals surface area contributed by atoms with Crippen molar-refractivity contribution in [3.8, 4) is 0 Å². The molecule has 23 heavy (non-hydrogen) atoms. The van der Waals surface area contributed by atoms with Crippen LogP contribution in [-0.2, 0) is 4.74 Å². The van der Waals surface area contributed by atoms with E-state index < -0.39 is 11.7 Å². The van der Waals surface area contributed by atoms with Crippen molar-refractivity contribution in [3.63, 3.8) is 0 Å². The number of carbonyl (C=O) groups is 1. The van der Waals surface area contributed by atoms with Crippen molar-refractivity contribution in [2.45, 2.75) is 64.9 Å². The van der Waals surface area contributed by atoms with E-state index in [0.717, 1.165) is 23.8 Å². The molecular formula is C19H30N2O2. The highest BCUT2D eigenvalue weighted by molar-refractivity contribution is 5.85. The van der Waals surface area contributed by atoms with Gasteiger partial charge in [-0.3, -0.25) is 5.32 Å². The summed E-state index contributed by atoms with van der Waals surface area (Å²) < 4.78 is 5.24. The van der Waals surface area contributed by atoms with Crippen LogP contribution in [0.25, 0.3) is 0 Å². The lowest BCUT2D eigenvalue weighted by Gasteiger charge is -2.20. The number of ether oxygens (including phenoxy) is 1. The molecule has 1 saturated carbocycles. The van der Waals surface area contributed by atoms with E-state index in [0.29, 0.717) is 0 Å². The summed E-state index contributed by atoms with van der Waals surface area (Å²) >= 11 is 0. The van der Waals surface area contributed by atoms with Crippen LogP contribution in [0.5, 0.6) is 0 Å². The molecule has 4 nitrogen and oxygen atoms in total. The molecule has 0 bridgehead atoms. The molecular weight excluding hydrogens is 288 g/mol. The maximum atomic E-state index is 11.7. The summed E-state index contributed by atoms with van der Waals surface area (Å²) in [4.78, 5) is 11.7. The lowest BCUT2D eigenvalue weighted by atomic mass is 10.0. The van der Waals surface area contributed by atoms with Gasteiger partial charge in [-0.15, -0.1) is 0 Å². The summed E-state index contributed by atoms with van der Waals surface area (Å²) in [6.45, 7) is 6.60. The van der Waals surface area contributed by atoms with Gasteiger partial charge in [-0.1, -0.05) is 25.7 Å². The standard InChI is InChI=1S/C19H30N2O2/c1-19(2,3)23-18(22)21-17-12-10-16(11-13-17)20-14-15-8-6-4-5-7-9-15/h10-13,15,20H,4-9,14H2,1-3H3,(H,21,22). The molecule has 0 spiro atoms. The number of rotatable bonds is 4. The predicted molar refractivity (Wildman–Crippen MR) is 96.0 cm³/mol. The number of anilines is 2. The van der Waals surface area contributed by atoms with Gasteiger partial charge >= 0.3 is 6.09 Å². The highest BCUT2D eigenvalue weighted by Gasteiger charge is 2.16.